The van der Waals surface area contributed by atoms with Gasteiger partial charge in [-0.3, -0.25) is 10.1 Å². The molecule has 6 nitrogen and oxygen atoms in total. The molecule has 1 aromatic heterocycles. The number of nitrogens with one attached hydrogen (secondary N) is 1. The average molecular weight is 450 g/mol. The zero-order chi connectivity index (χ0) is 24.1. The van der Waals surface area contributed by atoms with Gasteiger partial charge in [-0.1, -0.05) is 78.4 Å². The number of hydrogen-bond acceptors (Lipinski definition) is 5. The summed E-state index contributed by atoms with van der Waals surface area (Å²) in [5.41, 5.74) is 4.40. The standard InChI is InChI=1S/C28H22N2O4/c1-18-13-14-19(2)22(15-18)28(32)33-17-24(31)30-27-23(16-29)25(20-9-5-3-6-10-20)26(34-27)21-11-7-4-8-12-21/h3-15H,17H2,1-2H3,(H,30,31). The molecule has 0 saturated carbocycles. The molecular formula is C28H22N2O4. The van der Waals surface area contributed by atoms with Crippen LogP contribution < -0.4 is 5.32 Å². The molecule has 34 heavy (non-hydrogen) atoms. The van der Waals surface area contributed by atoms with Crippen LogP contribution in [0, 0.1) is 25.2 Å². The van der Waals surface area contributed by atoms with Gasteiger partial charge in [0.25, 0.3) is 5.91 Å². The number of rotatable bonds is 6. The van der Waals surface area contributed by atoms with Crippen LogP contribution in [-0.4, -0.2) is 18.5 Å². The number of amides is 1. The minimum absolute atomic E-state index is 0.00740. The molecule has 0 bridgehead atoms. The van der Waals surface area contributed by atoms with Crippen LogP contribution in [0.4, 0.5) is 5.88 Å². The van der Waals surface area contributed by atoms with Crippen molar-refractivity contribution in [1.29, 1.82) is 5.26 Å². The van der Waals surface area contributed by atoms with E-state index in [4.69, 9.17) is 9.15 Å². The molecular weight excluding hydrogens is 428 g/mol. The molecule has 0 aliphatic carbocycles. The van der Waals surface area contributed by atoms with E-state index in [9.17, 15) is 14.9 Å². The maximum absolute atomic E-state index is 12.6. The highest BCUT2D eigenvalue weighted by atomic mass is 16.5. The molecule has 0 unspecified atom stereocenters. The quantitative estimate of drug-likeness (QED) is 0.369. The minimum atomic E-state index is -0.608. The highest BCUT2D eigenvalue weighted by Crippen LogP contribution is 2.41. The molecule has 0 radical (unpaired) electrons. The lowest BCUT2D eigenvalue weighted by atomic mass is 9.98. The Morgan fingerprint density at radius 2 is 1.59 bits per heavy atom. The third-order valence-corrected chi connectivity index (χ3v) is 5.32. The first-order chi connectivity index (χ1) is 16.5. The van der Waals surface area contributed by atoms with Crippen LogP contribution in [0.2, 0.25) is 0 Å². The Morgan fingerprint density at radius 3 is 2.24 bits per heavy atom. The first-order valence-electron chi connectivity index (χ1n) is 10.7. The Labute approximate surface area is 197 Å². The Hall–Kier alpha value is -4.63. The number of benzene rings is 3. The van der Waals surface area contributed by atoms with E-state index < -0.39 is 18.5 Å². The Morgan fingerprint density at radius 1 is 0.941 bits per heavy atom. The molecule has 1 N–H and O–H groups in total. The van der Waals surface area contributed by atoms with E-state index in [1.165, 1.54) is 0 Å². The topological polar surface area (TPSA) is 92.3 Å². The fourth-order valence-corrected chi connectivity index (χ4v) is 3.63. The summed E-state index contributed by atoms with van der Waals surface area (Å²) in [5, 5.41) is 12.5. The molecule has 0 saturated heterocycles. The SMILES string of the molecule is Cc1ccc(C)c(C(=O)OCC(=O)Nc2oc(-c3ccccc3)c(-c3ccccc3)c2C#N)c1. The van der Waals surface area contributed by atoms with E-state index in [0.29, 0.717) is 16.9 Å². The van der Waals surface area contributed by atoms with Crippen LogP contribution in [-0.2, 0) is 9.53 Å². The van der Waals surface area contributed by atoms with E-state index in [1.807, 2.05) is 79.7 Å². The summed E-state index contributed by atoms with van der Waals surface area (Å²) in [4.78, 5) is 25.1. The van der Waals surface area contributed by atoms with Gasteiger partial charge in [0.05, 0.1) is 5.56 Å². The summed E-state index contributed by atoms with van der Waals surface area (Å²) >= 11 is 0. The van der Waals surface area contributed by atoms with Gasteiger partial charge >= 0.3 is 5.97 Å². The van der Waals surface area contributed by atoms with Crippen LogP contribution >= 0.6 is 0 Å². The number of nitriles is 1. The van der Waals surface area contributed by atoms with Crippen molar-refractivity contribution < 1.29 is 18.7 Å². The summed E-state index contributed by atoms with van der Waals surface area (Å²) in [6.07, 6.45) is 0. The molecule has 4 aromatic rings. The monoisotopic (exact) mass is 450 g/mol. The summed E-state index contributed by atoms with van der Waals surface area (Å²) in [5.74, 6) is -0.728. The third-order valence-electron chi connectivity index (χ3n) is 5.32. The zero-order valence-corrected chi connectivity index (χ0v) is 18.8. The number of carbonyl (C=O) groups excluding carboxylic acids is 2. The maximum Gasteiger partial charge on any atom is 0.338 e. The molecule has 0 aliphatic rings. The van der Waals surface area contributed by atoms with Gasteiger partial charge < -0.3 is 9.15 Å². The Bertz CT molecular complexity index is 1380. The van der Waals surface area contributed by atoms with Gasteiger partial charge in [-0.2, -0.15) is 5.26 Å². The number of anilines is 1. The fraction of sp³-hybridized carbons (Fsp3) is 0.107. The number of nitrogens with zero attached hydrogens (tertiary/aromatic N) is 1. The van der Waals surface area contributed by atoms with E-state index in [1.54, 1.807) is 13.0 Å². The van der Waals surface area contributed by atoms with Crippen molar-refractivity contribution in [3.63, 3.8) is 0 Å². The van der Waals surface area contributed by atoms with Crippen molar-refractivity contribution in [2.45, 2.75) is 13.8 Å². The molecule has 1 heterocycles. The first-order valence-corrected chi connectivity index (χ1v) is 10.7. The fourth-order valence-electron chi connectivity index (χ4n) is 3.63. The van der Waals surface area contributed by atoms with Crippen molar-refractivity contribution in [3.05, 3.63) is 101 Å². The second-order valence-corrected chi connectivity index (χ2v) is 7.80. The molecule has 0 atom stereocenters. The van der Waals surface area contributed by atoms with Gasteiger partial charge in [0, 0.05) is 11.1 Å². The minimum Gasteiger partial charge on any atom is -0.452 e. The smallest absolute Gasteiger partial charge is 0.338 e. The third kappa shape index (κ3) is 4.74. The van der Waals surface area contributed by atoms with Gasteiger partial charge in [0.2, 0.25) is 5.88 Å². The maximum atomic E-state index is 12.6. The van der Waals surface area contributed by atoms with Crippen molar-refractivity contribution in [3.8, 4) is 28.5 Å². The number of esters is 1. The van der Waals surface area contributed by atoms with Crippen LogP contribution in [0.1, 0.15) is 27.0 Å². The van der Waals surface area contributed by atoms with Crippen LogP contribution in [0.3, 0.4) is 0 Å². The van der Waals surface area contributed by atoms with Crippen molar-refractivity contribution >= 4 is 17.8 Å². The zero-order valence-electron chi connectivity index (χ0n) is 18.8. The molecule has 3 aromatic carbocycles. The summed E-state index contributed by atoms with van der Waals surface area (Å²) in [6.45, 7) is 3.16. The second-order valence-electron chi connectivity index (χ2n) is 7.80. The Balaban J connectivity index is 1.60. The number of carbonyl (C=O) groups is 2. The van der Waals surface area contributed by atoms with Gasteiger partial charge in [-0.15, -0.1) is 0 Å². The molecule has 168 valence electrons. The van der Waals surface area contributed by atoms with Gasteiger partial charge in [0.1, 0.15) is 17.4 Å². The van der Waals surface area contributed by atoms with E-state index in [2.05, 4.69) is 11.4 Å². The van der Waals surface area contributed by atoms with Gasteiger partial charge in [0.15, 0.2) is 6.61 Å². The van der Waals surface area contributed by atoms with Gasteiger partial charge in [-0.25, -0.2) is 4.79 Å². The molecule has 1 amide bonds. The number of hydrogen-bond donors (Lipinski definition) is 1. The second kappa shape index (κ2) is 9.88. The number of aryl methyl sites for hydroxylation is 2. The molecule has 0 fully saturated rings. The highest BCUT2D eigenvalue weighted by molar-refractivity contribution is 5.98. The van der Waals surface area contributed by atoms with E-state index in [0.717, 1.165) is 22.3 Å². The summed E-state index contributed by atoms with van der Waals surface area (Å²) in [7, 11) is 0. The predicted octanol–water partition coefficient (Wildman–Crippen LogP) is 5.90. The largest absolute Gasteiger partial charge is 0.452 e. The number of furan rings is 1. The predicted molar refractivity (Wildman–Crippen MR) is 129 cm³/mol. The summed E-state index contributed by atoms with van der Waals surface area (Å²) in [6, 6.07) is 26.3. The molecule has 4 rings (SSSR count). The van der Waals surface area contributed by atoms with Crippen molar-refractivity contribution in [2.75, 3.05) is 11.9 Å². The van der Waals surface area contributed by atoms with Crippen molar-refractivity contribution in [2.24, 2.45) is 0 Å². The Kier molecular flexibility index (Phi) is 6.56. The molecule has 0 spiro atoms. The highest BCUT2D eigenvalue weighted by Gasteiger charge is 2.24. The normalized spacial score (nSPS) is 10.4. The van der Waals surface area contributed by atoms with E-state index in [-0.39, 0.29) is 11.4 Å². The molecule has 6 heteroatoms. The van der Waals surface area contributed by atoms with E-state index >= 15 is 0 Å². The average Bonchev–Trinajstić information content (AvgIpc) is 3.23. The lowest BCUT2D eigenvalue weighted by Gasteiger charge is -2.08. The van der Waals surface area contributed by atoms with Gasteiger partial charge in [-0.05, 0) is 31.0 Å². The van der Waals surface area contributed by atoms with Crippen LogP contribution in [0.15, 0.2) is 83.3 Å². The lowest BCUT2D eigenvalue weighted by molar-refractivity contribution is -0.119. The van der Waals surface area contributed by atoms with Crippen molar-refractivity contribution in [1.82, 2.24) is 0 Å². The molecule has 0 aliphatic heterocycles. The van der Waals surface area contributed by atoms with Crippen LogP contribution in [0.5, 0.6) is 0 Å². The van der Waals surface area contributed by atoms with Crippen LogP contribution in [0.25, 0.3) is 22.5 Å². The number of ether oxygens (including phenoxy) is 1. The lowest BCUT2D eigenvalue weighted by Crippen LogP contribution is -2.21. The summed E-state index contributed by atoms with van der Waals surface area (Å²) < 4.78 is 11.2. The first kappa shape index (κ1) is 22.6.